The minimum atomic E-state index is -2.30. The molecular formula is C15H12N5+. The fourth-order valence-electron chi connectivity index (χ4n) is 3.08. The molecule has 0 N–H and O–H groups in total. The summed E-state index contributed by atoms with van der Waals surface area (Å²) in [4.78, 5) is 4.42. The highest BCUT2D eigenvalue weighted by Gasteiger charge is 2.35. The van der Waals surface area contributed by atoms with Gasteiger partial charge in [-0.15, -0.1) is 0 Å². The molecule has 0 bridgehead atoms. The Balaban J connectivity index is 2.01. The lowest BCUT2D eigenvalue weighted by Crippen LogP contribution is -2.29. The van der Waals surface area contributed by atoms with Crippen molar-refractivity contribution in [2.24, 2.45) is 6.98 Å². The summed E-state index contributed by atoms with van der Waals surface area (Å²) < 4.78 is 29.2. The zero-order chi connectivity index (χ0) is 15.8. The van der Waals surface area contributed by atoms with Crippen LogP contribution in [0, 0.1) is 0 Å². The molecule has 5 heterocycles. The van der Waals surface area contributed by atoms with Crippen LogP contribution in [0.25, 0.3) is 28.1 Å². The maximum atomic E-state index is 8.02. The summed E-state index contributed by atoms with van der Waals surface area (Å²) in [6.07, 6.45) is 5.26. The standard InChI is InChI=1S/C15H12N5/c1-18-14-11-5-3-7-17-20(11)9-12(14)19-8-10-4-2-6-16-13(10)15(18)19/h2-7,9H,8H2,1H3/q+1/i1D3. The molecule has 4 aromatic heterocycles. The van der Waals surface area contributed by atoms with Gasteiger partial charge in [-0.1, -0.05) is 6.07 Å². The first-order valence-corrected chi connectivity index (χ1v) is 6.41. The molecule has 5 heteroatoms. The van der Waals surface area contributed by atoms with Gasteiger partial charge in [0.25, 0.3) is 0 Å². The van der Waals surface area contributed by atoms with E-state index in [0.29, 0.717) is 17.9 Å². The molecule has 0 aliphatic carbocycles. The van der Waals surface area contributed by atoms with Crippen molar-refractivity contribution < 1.29 is 8.68 Å². The van der Waals surface area contributed by atoms with Gasteiger partial charge in [-0.05, 0) is 18.2 Å². The Labute approximate surface area is 118 Å². The summed E-state index contributed by atoms with van der Waals surface area (Å²) in [5, 5.41) is 4.28. The number of fused-ring (bicyclic) bond motifs is 7. The monoisotopic (exact) mass is 265 g/mol. The molecule has 0 amide bonds. The van der Waals surface area contributed by atoms with Gasteiger partial charge in [0.15, 0.2) is 11.2 Å². The molecular weight excluding hydrogens is 250 g/mol. The lowest BCUT2D eigenvalue weighted by atomic mass is 10.2. The molecule has 5 nitrogen and oxygen atoms in total. The molecule has 20 heavy (non-hydrogen) atoms. The largest absolute Gasteiger partial charge is 0.309 e. The van der Waals surface area contributed by atoms with Gasteiger partial charge in [-0.2, -0.15) is 5.10 Å². The Hall–Kier alpha value is -2.69. The molecule has 0 radical (unpaired) electrons. The smallest absolute Gasteiger partial charge is 0.248 e. The number of imidazole rings is 1. The van der Waals surface area contributed by atoms with Crippen LogP contribution >= 0.6 is 0 Å². The lowest BCUT2D eigenvalue weighted by molar-refractivity contribution is -0.633. The quantitative estimate of drug-likeness (QED) is 0.398. The topological polar surface area (TPSA) is 39.0 Å². The summed E-state index contributed by atoms with van der Waals surface area (Å²) in [5.74, 6) is 0.636. The van der Waals surface area contributed by atoms with E-state index >= 15 is 0 Å². The van der Waals surface area contributed by atoms with E-state index in [9.17, 15) is 0 Å². The van der Waals surface area contributed by atoms with Crippen molar-refractivity contribution in [2.75, 3.05) is 0 Å². The molecule has 1 aliphatic heterocycles. The van der Waals surface area contributed by atoms with Crippen LogP contribution in [0.3, 0.4) is 0 Å². The van der Waals surface area contributed by atoms with Crippen molar-refractivity contribution in [1.29, 1.82) is 0 Å². The SMILES string of the molecule is [2H]C([2H])([2H])[n+]1c2n(c3cn4ncccc4c31)Cc1cccnc1-2. The molecule has 0 atom stereocenters. The van der Waals surface area contributed by atoms with Gasteiger partial charge in [0, 0.05) is 18.0 Å². The second-order valence-corrected chi connectivity index (χ2v) is 4.97. The van der Waals surface area contributed by atoms with Crippen LogP contribution in [0.2, 0.25) is 0 Å². The van der Waals surface area contributed by atoms with E-state index in [0.717, 1.165) is 22.3 Å². The molecule has 0 unspecified atom stereocenters. The molecule has 4 aromatic rings. The van der Waals surface area contributed by atoms with Crippen molar-refractivity contribution >= 4 is 16.6 Å². The average Bonchev–Trinajstić information content (AvgIpc) is 3.13. The van der Waals surface area contributed by atoms with E-state index in [1.54, 1.807) is 16.9 Å². The predicted octanol–water partition coefficient (Wildman–Crippen LogP) is 1.54. The zero-order valence-electron chi connectivity index (χ0n) is 13.5. The number of aromatic nitrogens is 5. The fraction of sp³-hybridized carbons (Fsp3) is 0.133. The summed E-state index contributed by atoms with van der Waals surface area (Å²) in [7, 11) is 0. The van der Waals surface area contributed by atoms with E-state index in [2.05, 4.69) is 10.1 Å². The van der Waals surface area contributed by atoms with Gasteiger partial charge in [0.1, 0.15) is 12.1 Å². The first-order chi connectivity index (χ1) is 11.1. The number of pyridine rings is 1. The highest BCUT2D eigenvalue weighted by Crippen LogP contribution is 2.32. The molecule has 5 rings (SSSR count). The van der Waals surface area contributed by atoms with Crippen molar-refractivity contribution in [1.82, 2.24) is 19.2 Å². The van der Waals surface area contributed by atoms with Gasteiger partial charge in [-0.25, -0.2) is 18.6 Å². The maximum absolute atomic E-state index is 8.02. The number of hydrogen-bond acceptors (Lipinski definition) is 2. The van der Waals surface area contributed by atoms with Crippen LogP contribution in [0.15, 0.2) is 42.9 Å². The second kappa shape index (κ2) is 3.25. The number of nitrogens with zero attached hydrogens (tertiary/aromatic N) is 5. The second-order valence-electron chi connectivity index (χ2n) is 4.97. The average molecular weight is 265 g/mol. The van der Waals surface area contributed by atoms with Crippen molar-refractivity contribution in [3.63, 3.8) is 0 Å². The van der Waals surface area contributed by atoms with Gasteiger partial charge >= 0.3 is 5.82 Å². The van der Waals surface area contributed by atoms with E-state index in [1.807, 2.05) is 35.0 Å². The van der Waals surface area contributed by atoms with Crippen LogP contribution < -0.4 is 4.57 Å². The Kier molecular flexibility index (Phi) is 1.27. The number of aryl methyl sites for hydroxylation is 1. The Morgan fingerprint density at radius 2 is 2.20 bits per heavy atom. The minimum absolute atomic E-state index is 0.620. The predicted molar refractivity (Wildman–Crippen MR) is 74.2 cm³/mol. The first-order valence-electron chi connectivity index (χ1n) is 7.91. The molecule has 0 saturated carbocycles. The summed E-state index contributed by atoms with van der Waals surface area (Å²) in [6.45, 7) is -1.68. The van der Waals surface area contributed by atoms with E-state index in [-0.39, 0.29) is 0 Å². The molecule has 0 spiro atoms. The van der Waals surface area contributed by atoms with Crippen molar-refractivity contribution in [3.05, 3.63) is 48.4 Å². The Morgan fingerprint density at radius 1 is 1.25 bits per heavy atom. The summed E-state index contributed by atoms with van der Waals surface area (Å²) in [5.41, 5.74) is 4.07. The van der Waals surface area contributed by atoms with Crippen LogP contribution in [-0.4, -0.2) is 19.2 Å². The third-order valence-electron chi connectivity index (χ3n) is 3.92. The highest BCUT2D eigenvalue weighted by molar-refractivity contribution is 5.91. The van der Waals surface area contributed by atoms with E-state index < -0.39 is 6.98 Å². The molecule has 1 aliphatic rings. The third-order valence-corrected chi connectivity index (χ3v) is 3.92. The van der Waals surface area contributed by atoms with Crippen LogP contribution in [0.5, 0.6) is 0 Å². The highest BCUT2D eigenvalue weighted by atomic mass is 15.3. The van der Waals surface area contributed by atoms with Crippen LogP contribution in [-0.2, 0) is 13.5 Å². The van der Waals surface area contributed by atoms with Crippen LogP contribution in [0.4, 0.5) is 0 Å². The Bertz CT molecular complexity index is 1090. The first kappa shape index (κ1) is 7.79. The molecule has 0 aromatic carbocycles. The summed E-state index contributed by atoms with van der Waals surface area (Å²) >= 11 is 0. The van der Waals surface area contributed by atoms with Gasteiger partial charge < -0.3 is 0 Å². The van der Waals surface area contributed by atoms with E-state index in [4.69, 9.17) is 4.11 Å². The maximum Gasteiger partial charge on any atom is 0.309 e. The van der Waals surface area contributed by atoms with Crippen molar-refractivity contribution in [2.45, 2.75) is 6.54 Å². The van der Waals surface area contributed by atoms with Gasteiger partial charge in [0.05, 0.1) is 17.3 Å². The molecule has 0 fully saturated rings. The summed E-state index contributed by atoms with van der Waals surface area (Å²) in [6, 6.07) is 7.55. The van der Waals surface area contributed by atoms with Gasteiger partial charge in [-0.3, -0.25) is 0 Å². The normalized spacial score (nSPS) is 15.9. The third kappa shape index (κ3) is 1.02. The fourth-order valence-corrected chi connectivity index (χ4v) is 3.08. The minimum Gasteiger partial charge on any atom is -0.248 e. The van der Waals surface area contributed by atoms with E-state index in [1.165, 1.54) is 4.57 Å². The number of hydrogen-bond donors (Lipinski definition) is 0. The Morgan fingerprint density at radius 3 is 3.15 bits per heavy atom. The molecule has 96 valence electrons. The molecule has 0 saturated heterocycles. The van der Waals surface area contributed by atoms with Gasteiger partial charge in [0.2, 0.25) is 5.52 Å². The zero-order valence-corrected chi connectivity index (χ0v) is 10.5. The van der Waals surface area contributed by atoms with Crippen LogP contribution in [0.1, 0.15) is 9.68 Å². The lowest BCUT2D eigenvalue weighted by Gasteiger charge is -1.95. The van der Waals surface area contributed by atoms with Crippen molar-refractivity contribution in [3.8, 4) is 11.5 Å². The number of rotatable bonds is 0.